The van der Waals surface area contributed by atoms with E-state index in [1.165, 1.54) is 19.1 Å². The summed E-state index contributed by atoms with van der Waals surface area (Å²) >= 11 is 5.69. The lowest BCUT2D eigenvalue weighted by molar-refractivity contribution is -0.144. The Bertz CT molecular complexity index is 786. The molecular formula is C17H17ClN4O4. The molecule has 2 aliphatic rings. The monoisotopic (exact) mass is 376 g/mol. The zero-order valence-corrected chi connectivity index (χ0v) is 15.0. The number of rotatable bonds is 3. The summed E-state index contributed by atoms with van der Waals surface area (Å²) in [5, 5.41) is 5.46. The molecule has 2 heterocycles. The highest BCUT2D eigenvalue weighted by molar-refractivity contribution is 6.29. The van der Waals surface area contributed by atoms with Gasteiger partial charge in [-0.05, 0) is 5.56 Å². The van der Waals surface area contributed by atoms with Crippen LogP contribution in [-0.2, 0) is 14.4 Å². The van der Waals surface area contributed by atoms with Gasteiger partial charge in [0.2, 0.25) is 11.8 Å². The Morgan fingerprint density at radius 2 is 1.69 bits per heavy atom. The van der Waals surface area contributed by atoms with Crippen molar-refractivity contribution in [2.45, 2.75) is 12.5 Å². The predicted octanol–water partition coefficient (Wildman–Crippen LogP) is 1.22. The molecule has 0 bridgehead atoms. The van der Waals surface area contributed by atoms with E-state index in [2.05, 4.69) is 5.10 Å². The molecule has 0 aliphatic carbocycles. The normalized spacial score (nSPS) is 21.5. The average molecular weight is 377 g/mol. The Kier molecular flexibility index (Phi) is 4.78. The van der Waals surface area contributed by atoms with Crippen LogP contribution in [0.3, 0.4) is 0 Å². The molecule has 1 aromatic carbocycles. The van der Waals surface area contributed by atoms with Crippen molar-refractivity contribution in [1.82, 2.24) is 14.8 Å². The van der Waals surface area contributed by atoms with E-state index in [0.29, 0.717) is 0 Å². The van der Waals surface area contributed by atoms with Gasteiger partial charge in [-0.2, -0.15) is 5.10 Å². The van der Waals surface area contributed by atoms with Crippen LogP contribution in [0.15, 0.2) is 35.4 Å². The number of barbiturate groups is 1. The van der Waals surface area contributed by atoms with Crippen LogP contribution in [0.4, 0.5) is 4.79 Å². The van der Waals surface area contributed by atoms with Crippen molar-refractivity contribution < 1.29 is 19.2 Å². The summed E-state index contributed by atoms with van der Waals surface area (Å²) in [6.45, 7) is 0. The Balaban J connectivity index is 1.97. The number of imide groups is 2. The molecule has 26 heavy (non-hydrogen) atoms. The smallest absolute Gasteiger partial charge is 0.273 e. The average Bonchev–Trinajstić information content (AvgIpc) is 3.10. The minimum atomic E-state index is -1.22. The fourth-order valence-corrected chi connectivity index (χ4v) is 3.25. The highest BCUT2D eigenvalue weighted by Gasteiger charge is 2.48. The van der Waals surface area contributed by atoms with E-state index >= 15 is 0 Å². The van der Waals surface area contributed by atoms with Gasteiger partial charge in [-0.1, -0.05) is 30.3 Å². The quantitative estimate of drug-likeness (QED) is 0.586. The number of hydrogen-bond donors (Lipinski definition) is 0. The Labute approximate surface area is 155 Å². The van der Waals surface area contributed by atoms with Crippen LogP contribution in [0.1, 0.15) is 18.0 Å². The molecule has 136 valence electrons. The molecule has 0 saturated carbocycles. The van der Waals surface area contributed by atoms with Crippen LogP contribution in [0.2, 0.25) is 0 Å². The summed E-state index contributed by atoms with van der Waals surface area (Å²) in [6, 6.07) is 8.03. The van der Waals surface area contributed by atoms with Crippen molar-refractivity contribution in [3.63, 3.8) is 0 Å². The van der Waals surface area contributed by atoms with Crippen molar-refractivity contribution in [3.05, 3.63) is 35.9 Å². The molecule has 1 atom stereocenters. The summed E-state index contributed by atoms with van der Waals surface area (Å²) in [5.41, 5.74) is 1.07. The third-order valence-corrected chi connectivity index (χ3v) is 4.78. The fourth-order valence-electron chi connectivity index (χ4n) is 3.13. The van der Waals surface area contributed by atoms with E-state index in [-0.39, 0.29) is 18.0 Å². The highest BCUT2D eigenvalue weighted by Crippen LogP contribution is 2.34. The molecule has 1 aromatic rings. The molecular weight excluding hydrogens is 360 g/mol. The van der Waals surface area contributed by atoms with Gasteiger partial charge in [0.25, 0.3) is 5.91 Å². The van der Waals surface area contributed by atoms with Crippen LogP contribution in [0, 0.1) is 5.92 Å². The van der Waals surface area contributed by atoms with Gasteiger partial charge in [-0.3, -0.25) is 24.2 Å². The molecule has 9 heteroatoms. The number of urea groups is 1. The molecule has 1 unspecified atom stereocenters. The lowest BCUT2D eigenvalue weighted by Crippen LogP contribution is -2.58. The first-order valence-corrected chi connectivity index (χ1v) is 8.49. The van der Waals surface area contributed by atoms with Gasteiger partial charge in [-0.15, -0.1) is 11.6 Å². The second-order valence-electron chi connectivity index (χ2n) is 6.10. The van der Waals surface area contributed by atoms with Crippen molar-refractivity contribution in [1.29, 1.82) is 0 Å². The molecule has 8 nitrogen and oxygen atoms in total. The van der Waals surface area contributed by atoms with E-state index in [1.54, 1.807) is 0 Å². The molecule has 1 fully saturated rings. The second kappa shape index (κ2) is 6.87. The van der Waals surface area contributed by atoms with E-state index < -0.39 is 35.7 Å². The van der Waals surface area contributed by atoms with E-state index in [9.17, 15) is 19.2 Å². The first-order chi connectivity index (χ1) is 12.4. The molecule has 1 saturated heterocycles. The SMILES string of the molecule is CN1C(=O)C(C2=NN(C(=O)CCl)C(c3ccccc3)C2)C(=O)N(C)C1=O. The van der Waals surface area contributed by atoms with Crippen LogP contribution in [0.5, 0.6) is 0 Å². The van der Waals surface area contributed by atoms with Crippen molar-refractivity contribution in [2.75, 3.05) is 20.0 Å². The second-order valence-corrected chi connectivity index (χ2v) is 6.37. The summed E-state index contributed by atoms with van der Waals surface area (Å²) in [4.78, 5) is 50.9. The lowest BCUT2D eigenvalue weighted by Gasteiger charge is -2.32. The van der Waals surface area contributed by atoms with Gasteiger partial charge >= 0.3 is 6.03 Å². The molecule has 0 radical (unpaired) electrons. The summed E-state index contributed by atoms with van der Waals surface area (Å²) in [5.74, 6) is -3.22. The lowest BCUT2D eigenvalue weighted by atomic mass is 9.92. The van der Waals surface area contributed by atoms with Crippen LogP contribution < -0.4 is 0 Å². The number of hydrogen-bond acceptors (Lipinski definition) is 5. The van der Waals surface area contributed by atoms with Gasteiger partial charge in [-0.25, -0.2) is 9.80 Å². The maximum atomic E-state index is 12.5. The molecule has 2 aliphatic heterocycles. The number of benzene rings is 1. The molecule has 0 aromatic heterocycles. The van der Waals surface area contributed by atoms with Gasteiger partial charge < -0.3 is 0 Å². The Hall–Kier alpha value is -2.74. The zero-order valence-electron chi connectivity index (χ0n) is 14.3. The Morgan fingerprint density at radius 3 is 2.23 bits per heavy atom. The third kappa shape index (κ3) is 2.86. The van der Waals surface area contributed by atoms with E-state index in [4.69, 9.17) is 11.6 Å². The van der Waals surface area contributed by atoms with E-state index in [1.807, 2.05) is 30.3 Å². The number of nitrogens with zero attached hydrogens (tertiary/aromatic N) is 4. The van der Waals surface area contributed by atoms with Gasteiger partial charge in [0.15, 0.2) is 5.92 Å². The van der Waals surface area contributed by atoms with Gasteiger partial charge in [0, 0.05) is 20.5 Å². The maximum absolute atomic E-state index is 12.5. The maximum Gasteiger partial charge on any atom is 0.332 e. The topological polar surface area (TPSA) is 90.4 Å². The first kappa shape index (κ1) is 18.1. The summed E-state index contributed by atoms with van der Waals surface area (Å²) in [7, 11) is 2.62. The van der Waals surface area contributed by atoms with Gasteiger partial charge in [0.05, 0.1) is 11.8 Å². The summed E-state index contributed by atoms with van der Waals surface area (Å²) in [6.07, 6.45) is 0.213. The summed E-state index contributed by atoms with van der Waals surface area (Å²) < 4.78 is 0. The standard InChI is InChI=1S/C17H17ClN4O4/c1-20-15(24)14(16(25)21(2)17(20)26)11-8-12(10-6-4-3-5-7-10)22(19-11)13(23)9-18/h3-7,12,14H,8-9H2,1-2H3. The number of hydrazone groups is 1. The fraction of sp³-hybridized carbons (Fsp3) is 0.353. The van der Waals surface area contributed by atoms with Crippen LogP contribution in [-0.4, -0.2) is 64.2 Å². The minimum absolute atomic E-state index is 0.213. The number of halogens is 1. The number of amides is 5. The van der Waals surface area contributed by atoms with Crippen molar-refractivity contribution >= 4 is 41.1 Å². The molecule has 0 spiro atoms. The Morgan fingerprint density at radius 1 is 1.12 bits per heavy atom. The number of carbonyl (C=O) groups is 4. The van der Waals surface area contributed by atoms with Crippen molar-refractivity contribution in [3.8, 4) is 0 Å². The first-order valence-electron chi connectivity index (χ1n) is 7.96. The predicted molar refractivity (Wildman–Crippen MR) is 93.2 cm³/mol. The molecule has 0 N–H and O–H groups in total. The highest BCUT2D eigenvalue weighted by atomic mass is 35.5. The van der Waals surface area contributed by atoms with Crippen LogP contribution >= 0.6 is 11.6 Å². The van der Waals surface area contributed by atoms with Crippen LogP contribution in [0.25, 0.3) is 0 Å². The number of carbonyl (C=O) groups excluding carboxylic acids is 4. The minimum Gasteiger partial charge on any atom is -0.273 e. The third-order valence-electron chi connectivity index (χ3n) is 4.55. The zero-order chi connectivity index (χ0) is 19.0. The number of alkyl halides is 1. The van der Waals surface area contributed by atoms with E-state index in [0.717, 1.165) is 15.4 Å². The molecule has 3 rings (SSSR count). The molecule has 5 amide bonds. The van der Waals surface area contributed by atoms with Crippen molar-refractivity contribution in [2.24, 2.45) is 11.0 Å². The van der Waals surface area contributed by atoms with Gasteiger partial charge in [0.1, 0.15) is 5.88 Å². The largest absolute Gasteiger partial charge is 0.332 e.